The Morgan fingerprint density at radius 1 is 1.14 bits per heavy atom. The molecule has 1 fully saturated rings. The minimum atomic E-state index is -0.184. The predicted octanol–water partition coefficient (Wildman–Crippen LogP) is 4.48. The van der Waals surface area contributed by atoms with Crippen molar-refractivity contribution in [1.82, 2.24) is 20.4 Å². The Balaban J connectivity index is 1.47. The lowest BCUT2D eigenvalue weighted by molar-refractivity contribution is 0.131. The number of nitrogens with zero attached hydrogens (tertiary/aromatic N) is 3. The van der Waals surface area contributed by atoms with E-state index in [2.05, 4.69) is 15.5 Å². The molecule has 2 heterocycles. The van der Waals surface area contributed by atoms with Gasteiger partial charge in [-0.1, -0.05) is 65.3 Å². The highest BCUT2D eigenvalue weighted by atomic mass is 16.5. The van der Waals surface area contributed by atoms with Crippen molar-refractivity contribution in [2.75, 3.05) is 6.54 Å². The van der Waals surface area contributed by atoms with E-state index in [1.165, 1.54) is 5.56 Å². The van der Waals surface area contributed by atoms with Gasteiger partial charge in [-0.2, -0.15) is 4.98 Å². The highest BCUT2D eigenvalue weighted by Gasteiger charge is 2.32. The zero-order chi connectivity index (χ0) is 19.3. The summed E-state index contributed by atoms with van der Waals surface area (Å²) in [6, 6.07) is 17.6. The van der Waals surface area contributed by atoms with Gasteiger partial charge in [-0.05, 0) is 31.7 Å². The molecule has 6 nitrogen and oxygen atoms in total. The number of urea groups is 1. The Kier molecular flexibility index (Phi) is 5.37. The van der Waals surface area contributed by atoms with Crippen LogP contribution in [-0.4, -0.2) is 27.6 Å². The summed E-state index contributed by atoms with van der Waals surface area (Å²) in [6.07, 6.45) is 2.85. The SMILES string of the molecule is Cc1ccc(-c2noc(C3CCCCN3C(=O)NCc3ccccc3)n2)cc1. The molecule has 0 bridgehead atoms. The fourth-order valence-electron chi connectivity index (χ4n) is 3.50. The van der Waals surface area contributed by atoms with Crippen LogP contribution in [0.2, 0.25) is 0 Å². The maximum atomic E-state index is 12.8. The molecule has 144 valence electrons. The van der Waals surface area contributed by atoms with Gasteiger partial charge in [0.25, 0.3) is 0 Å². The molecule has 2 aromatic carbocycles. The summed E-state index contributed by atoms with van der Waals surface area (Å²) in [6.45, 7) is 3.23. The van der Waals surface area contributed by atoms with E-state index in [9.17, 15) is 4.79 Å². The second-order valence-corrected chi connectivity index (χ2v) is 7.17. The van der Waals surface area contributed by atoms with Crippen molar-refractivity contribution in [1.29, 1.82) is 0 Å². The standard InChI is InChI=1S/C22H24N4O2/c1-16-10-12-18(13-11-16)20-24-21(28-25-20)19-9-5-6-14-26(19)22(27)23-15-17-7-3-2-4-8-17/h2-4,7-8,10-13,19H,5-6,9,14-15H2,1H3,(H,23,27). The van der Waals surface area contributed by atoms with Crippen molar-refractivity contribution >= 4 is 6.03 Å². The molecular weight excluding hydrogens is 352 g/mol. The second-order valence-electron chi connectivity index (χ2n) is 7.17. The zero-order valence-electron chi connectivity index (χ0n) is 16.0. The van der Waals surface area contributed by atoms with E-state index in [1.54, 1.807) is 0 Å². The lowest BCUT2D eigenvalue weighted by Gasteiger charge is -2.33. The first-order chi connectivity index (χ1) is 13.7. The van der Waals surface area contributed by atoms with Crippen LogP contribution in [0.4, 0.5) is 4.79 Å². The molecule has 28 heavy (non-hydrogen) atoms. The number of rotatable bonds is 4. The van der Waals surface area contributed by atoms with E-state index < -0.39 is 0 Å². The van der Waals surface area contributed by atoms with Crippen molar-refractivity contribution in [2.45, 2.75) is 38.8 Å². The Morgan fingerprint density at radius 3 is 2.71 bits per heavy atom. The Hall–Kier alpha value is -3.15. The normalized spacial score (nSPS) is 16.8. The molecule has 1 aliphatic heterocycles. The highest BCUT2D eigenvalue weighted by Crippen LogP contribution is 2.31. The van der Waals surface area contributed by atoms with Gasteiger partial charge >= 0.3 is 6.03 Å². The fraction of sp³-hybridized carbons (Fsp3) is 0.318. The number of nitrogens with one attached hydrogen (secondary N) is 1. The number of amides is 2. The number of benzene rings is 2. The summed E-state index contributed by atoms with van der Waals surface area (Å²) in [7, 11) is 0. The van der Waals surface area contributed by atoms with E-state index in [0.717, 1.165) is 30.4 Å². The van der Waals surface area contributed by atoms with Gasteiger partial charge in [-0.25, -0.2) is 4.79 Å². The minimum absolute atomic E-state index is 0.0939. The number of hydrogen-bond donors (Lipinski definition) is 1. The topological polar surface area (TPSA) is 71.3 Å². The Labute approximate surface area is 164 Å². The van der Waals surface area contributed by atoms with E-state index in [1.807, 2.05) is 66.4 Å². The summed E-state index contributed by atoms with van der Waals surface area (Å²) < 4.78 is 5.55. The van der Waals surface area contributed by atoms with Crippen molar-refractivity contribution in [3.05, 3.63) is 71.6 Å². The average Bonchev–Trinajstić information content (AvgIpc) is 3.23. The molecule has 0 saturated carbocycles. The van der Waals surface area contributed by atoms with Gasteiger partial charge in [-0.3, -0.25) is 0 Å². The molecule has 0 spiro atoms. The quantitative estimate of drug-likeness (QED) is 0.729. The fourth-order valence-corrected chi connectivity index (χ4v) is 3.50. The molecule has 1 unspecified atom stereocenters. The van der Waals surface area contributed by atoms with Crippen LogP contribution >= 0.6 is 0 Å². The van der Waals surface area contributed by atoms with E-state index >= 15 is 0 Å². The molecule has 4 rings (SSSR count). The summed E-state index contributed by atoms with van der Waals surface area (Å²) in [5.41, 5.74) is 3.17. The van der Waals surface area contributed by atoms with Crippen LogP contribution in [0, 0.1) is 6.92 Å². The van der Waals surface area contributed by atoms with Crippen LogP contribution in [0.5, 0.6) is 0 Å². The third kappa shape index (κ3) is 4.06. The lowest BCUT2D eigenvalue weighted by Crippen LogP contribution is -2.44. The number of piperidine rings is 1. The van der Waals surface area contributed by atoms with E-state index in [0.29, 0.717) is 24.8 Å². The number of carbonyl (C=O) groups excluding carboxylic acids is 1. The van der Waals surface area contributed by atoms with Crippen LogP contribution in [0.3, 0.4) is 0 Å². The molecule has 3 aromatic rings. The van der Waals surface area contributed by atoms with Crippen molar-refractivity contribution in [2.24, 2.45) is 0 Å². The summed E-state index contributed by atoms with van der Waals surface area (Å²) in [5.74, 6) is 1.07. The van der Waals surface area contributed by atoms with Crippen LogP contribution in [-0.2, 0) is 6.54 Å². The molecule has 0 aliphatic carbocycles. The van der Waals surface area contributed by atoms with Crippen LogP contribution in [0.15, 0.2) is 59.1 Å². The molecule has 2 amide bonds. The first kappa shape index (κ1) is 18.2. The molecule has 1 atom stereocenters. The Morgan fingerprint density at radius 2 is 1.93 bits per heavy atom. The van der Waals surface area contributed by atoms with Crippen LogP contribution in [0.1, 0.15) is 42.3 Å². The third-order valence-corrected chi connectivity index (χ3v) is 5.09. The molecular formula is C22H24N4O2. The van der Waals surface area contributed by atoms with Crippen molar-refractivity contribution < 1.29 is 9.32 Å². The summed E-state index contributed by atoms with van der Waals surface area (Å²) >= 11 is 0. The van der Waals surface area contributed by atoms with Gasteiger partial charge in [0, 0.05) is 18.7 Å². The predicted molar refractivity (Wildman–Crippen MR) is 106 cm³/mol. The minimum Gasteiger partial charge on any atom is -0.337 e. The van der Waals surface area contributed by atoms with E-state index in [4.69, 9.17) is 4.52 Å². The smallest absolute Gasteiger partial charge is 0.318 e. The number of hydrogen-bond acceptors (Lipinski definition) is 4. The molecule has 1 saturated heterocycles. The van der Waals surface area contributed by atoms with Gasteiger partial charge in [-0.15, -0.1) is 0 Å². The van der Waals surface area contributed by atoms with Crippen molar-refractivity contribution in [3.63, 3.8) is 0 Å². The lowest BCUT2D eigenvalue weighted by atomic mass is 10.0. The summed E-state index contributed by atoms with van der Waals surface area (Å²) in [4.78, 5) is 19.2. The summed E-state index contributed by atoms with van der Waals surface area (Å²) in [5, 5.41) is 7.14. The maximum absolute atomic E-state index is 12.8. The number of likely N-dealkylation sites (tertiary alicyclic amines) is 1. The van der Waals surface area contributed by atoms with Gasteiger partial charge in [0.2, 0.25) is 11.7 Å². The second kappa shape index (κ2) is 8.25. The highest BCUT2D eigenvalue weighted by molar-refractivity contribution is 5.74. The number of carbonyl (C=O) groups is 1. The Bertz CT molecular complexity index is 921. The largest absolute Gasteiger partial charge is 0.337 e. The maximum Gasteiger partial charge on any atom is 0.318 e. The molecule has 6 heteroatoms. The number of aryl methyl sites for hydroxylation is 1. The van der Waals surface area contributed by atoms with Gasteiger partial charge in [0.1, 0.15) is 6.04 Å². The first-order valence-corrected chi connectivity index (χ1v) is 9.70. The monoisotopic (exact) mass is 376 g/mol. The molecule has 0 radical (unpaired) electrons. The van der Waals surface area contributed by atoms with Crippen LogP contribution in [0.25, 0.3) is 11.4 Å². The molecule has 1 N–H and O–H groups in total. The number of aromatic nitrogens is 2. The van der Waals surface area contributed by atoms with Gasteiger partial charge in [0.15, 0.2) is 0 Å². The zero-order valence-corrected chi connectivity index (χ0v) is 16.0. The van der Waals surface area contributed by atoms with Gasteiger partial charge in [0.05, 0.1) is 0 Å². The van der Waals surface area contributed by atoms with Crippen molar-refractivity contribution in [3.8, 4) is 11.4 Å². The third-order valence-electron chi connectivity index (χ3n) is 5.09. The first-order valence-electron chi connectivity index (χ1n) is 9.70. The molecule has 1 aliphatic rings. The average molecular weight is 376 g/mol. The molecule has 1 aromatic heterocycles. The van der Waals surface area contributed by atoms with E-state index in [-0.39, 0.29) is 12.1 Å². The van der Waals surface area contributed by atoms with Crippen LogP contribution < -0.4 is 5.32 Å². The van der Waals surface area contributed by atoms with Gasteiger partial charge < -0.3 is 14.7 Å².